The molecule has 0 radical (unpaired) electrons. The van der Waals surface area contributed by atoms with Gasteiger partial charge in [0.25, 0.3) is 0 Å². The number of nitrogens with one attached hydrogen (secondary N) is 1. The molecule has 2 aromatic rings. The summed E-state index contributed by atoms with van der Waals surface area (Å²) in [7, 11) is 0. The van der Waals surface area contributed by atoms with E-state index in [-0.39, 0.29) is 11.4 Å². The van der Waals surface area contributed by atoms with E-state index in [0.29, 0.717) is 11.7 Å². The molecule has 0 atom stereocenters. The highest BCUT2D eigenvalue weighted by Gasteiger charge is 2.51. The highest BCUT2D eigenvalue weighted by molar-refractivity contribution is 7.99. The summed E-state index contributed by atoms with van der Waals surface area (Å²) < 4.78 is 2.23. The van der Waals surface area contributed by atoms with E-state index in [1.165, 1.54) is 56.9 Å². The molecule has 5 aliphatic rings. The van der Waals surface area contributed by atoms with Crippen molar-refractivity contribution < 1.29 is 4.79 Å². The van der Waals surface area contributed by atoms with E-state index in [9.17, 15) is 4.79 Å². The number of carbonyl (C=O) groups excluding carboxylic acids is 1. The average molecular weight is 423 g/mol. The van der Waals surface area contributed by atoms with Crippen LogP contribution in [0.5, 0.6) is 0 Å². The molecule has 4 bridgehead atoms. The lowest BCUT2D eigenvalue weighted by molar-refractivity contribution is -0.124. The van der Waals surface area contributed by atoms with Crippen LogP contribution >= 0.6 is 11.8 Å². The van der Waals surface area contributed by atoms with Crippen LogP contribution in [-0.2, 0) is 11.3 Å². The minimum atomic E-state index is 0.0866. The van der Waals surface area contributed by atoms with Gasteiger partial charge in [-0.05, 0) is 74.7 Å². The minimum absolute atomic E-state index is 0.0866. The molecule has 6 heteroatoms. The van der Waals surface area contributed by atoms with E-state index >= 15 is 0 Å². The first-order chi connectivity index (χ1) is 14.7. The van der Waals surface area contributed by atoms with Gasteiger partial charge in [0.1, 0.15) is 5.82 Å². The maximum atomic E-state index is 12.9. The van der Waals surface area contributed by atoms with Gasteiger partial charge in [0.15, 0.2) is 5.16 Å². The third-order valence-electron chi connectivity index (χ3n) is 7.65. The Morgan fingerprint density at radius 1 is 1.03 bits per heavy atom. The van der Waals surface area contributed by atoms with Crippen molar-refractivity contribution >= 4 is 17.7 Å². The monoisotopic (exact) mass is 422 g/mol. The van der Waals surface area contributed by atoms with Gasteiger partial charge in [0.2, 0.25) is 5.91 Å². The number of hydrogen-bond acceptors (Lipinski definition) is 4. The summed E-state index contributed by atoms with van der Waals surface area (Å²) in [6.45, 7) is 0.776. The average Bonchev–Trinajstić information content (AvgIpc) is 3.48. The third-order valence-corrected chi connectivity index (χ3v) is 8.61. The van der Waals surface area contributed by atoms with Crippen molar-refractivity contribution in [3.05, 3.63) is 41.7 Å². The summed E-state index contributed by atoms with van der Waals surface area (Å²) in [5.74, 6) is 4.76. The Morgan fingerprint density at radius 3 is 2.33 bits per heavy atom. The number of benzene rings is 1. The Balaban J connectivity index is 1.13. The molecule has 1 heterocycles. The van der Waals surface area contributed by atoms with Crippen molar-refractivity contribution in [1.29, 1.82) is 0 Å². The van der Waals surface area contributed by atoms with Gasteiger partial charge < -0.3 is 9.88 Å². The van der Waals surface area contributed by atoms with Gasteiger partial charge in [-0.25, -0.2) is 0 Å². The van der Waals surface area contributed by atoms with Crippen LogP contribution in [0, 0.1) is 17.8 Å². The Kier molecular flexibility index (Phi) is 4.66. The molecule has 1 N–H and O–H groups in total. The number of nitrogens with zero attached hydrogens (tertiary/aromatic N) is 3. The van der Waals surface area contributed by atoms with Crippen molar-refractivity contribution in [1.82, 2.24) is 20.1 Å². The van der Waals surface area contributed by atoms with Crippen LogP contribution < -0.4 is 5.32 Å². The zero-order valence-electron chi connectivity index (χ0n) is 17.4. The minimum Gasteiger partial charge on any atom is -0.350 e. The molecule has 7 rings (SSSR count). The second kappa shape index (κ2) is 7.40. The number of aromatic nitrogens is 3. The maximum Gasteiger partial charge on any atom is 0.230 e. The number of carbonyl (C=O) groups is 1. The first kappa shape index (κ1) is 18.9. The van der Waals surface area contributed by atoms with E-state index < -0.39 is 0 Å². The van der Waals surface area contributed by atoms with Crippen LogP contribution in [0.4, 0.5) is 0 Å². The fourth-order valence-corrected chi connectivity index (χ4v) is 7.44. The summed E-state index contributed by atoms with van der Waals surface area (Å²) in [6.07, 6.45) is 10.2. The van der Waals surface area contributed by atoms with Crippen molar-refractivity contribution in [2.45, 2.75) is 74.5 Å². The largest absolute Gasteiger partial charge is 0.350 e. The van der Waals surface area contributed by atoms with Gasteiger partial charge in [0.05, 0.1) is 12.3 Å². The molecule has 1 aromatic heterocycles. The zero-order chi connectivity index (χ0) is 20.1. The van der Waals surface area contributed by atoms with E-state index in [4.69, 9.17) is 0 Å². The lowest BCUT2D eigenvalue weighted by atomic mass is 9.53. The fourth-order valence-electron chi connectivity index (χ4n) is 6.69. The van der Waals surface area contributed by atoms with Crippen molar-refractivity contribution in [3.63, 3.8) is 0 Å². The molecule has 1 amide bonds. The third kappa shape index (κ3) is 3.68. The SMILES string of the molecule is O=C(CSc1nnc(C2CC2)n1Cc1ccccc1)NC12CC3CC(CC(C3)C1)C2. The topological polar surface area (TPSA) is 59.8 Å². The zero-order valence-corrected chi connectivity index (χ0v) is 18.2. The number of thioether (sulfide) groups is 1. The number of hydrogen-bond donors (Lipinski definition) is 1. The van der Waals surface area contributed by atoms with E-state index in [0.717, 1.165) is 35.3 Å². The fraction of sp³-hybridized carbons (Fsp3) is 0.625. The Bertz CT molecular complexity index is 901. The van der Waals surface area contributed by atoms with Crippen LogP contribution in [0.25, 0.3) is 0 Å². The van der Waals surface area contributed by atoms with Gasteiger partial charge in [-0.1, -0.05) is 42.1 Å². The molecule has 1 aromatic carbocycles. The number of amides is 1. The van der Waals surface area contributed by atoms with Crippen molar-refractivity contribution in [2.75, 3.05) is 5.75 Å². The van der Waals surface area contributed by atoms with E-state index in [1.54, 1.807) is 11.8 Å². The first-order valence-corrected chi connectivity index (χ1v) is 12.6. The summed E-state index contributed by atoms with van der Waals surface area (Å²) in [4.78, 5) is 12.9. The standard InChI is InChI=1S/C24H30N4OS/c29-21(25-24-11-17-8-18(12-24)10-19(9-17)13-24)15-30-23-27-26-22(20-6-7-20)28(23)14-16-4-2-1-3-5-16/h1-5,17-20H,6-15H2,(H,25,29). The molecule has 5 aliphatic carbocycles. The van der Waals surface area contributed by atoms with Crippen molar-refractivity contribution in [2.24, 2.45) is 17.8 Å². The van der Waals surface area contributed by atoms with Crippen LogP contribution in [0.2, 0.25) is 0 Å². The molecule has 0 spiro atoms. The first-order valence-electron chi connectivity index (χ1n) is 11.6. The highest BCUT2D eigenvalue weighted by atomic mass is 32.2. The van der Waals surface area contributed by atoms with Crippen LogP contribution in [-0.4, -0.2) is 32.0 Å². The van der Waals surface area contributed by atoms with Gasteiger partial charge in [-0.15, -0.1) is 10.2 Å². The van der Waals surface area contributed by atoms with E-state index in [2.05, 4.69) is 44.3 Å². The van der Waals surface area contributed by atoms with Crippen LogP contribution in [0.3, 0.4) is 0 Å². The lowest BCUT2D eigenvalue weighted by Gasteiger charge is -2.56. The van der Waals surface area contributed by atoms with Gasteiger partial charge in [-0.3, -0.25) is 4.79 Å². The molecule has 0 unspecified atom stereocenters. The van der Waals surface area contributed by atoms with E-state index in [1.807, 2.05) is 6.07 Å². The Labute approximate surface area is 182 Å². The summed E-state index contributed by atoms with van der Waals surface area (Å²) in [6, 6.07) is 10.5. The van der Waals surface area contributed by atoms with Crippen LogP contribution in [0.15, 0.2) is 35.5 Å². The van der Waals surface area contributed by atoms with Gasteiger partial charge >= 0.3 is 0 Å². The maximum absolute atomic E-state index is 12.9. The molecule has 30 heavy (non-hydrogen) atoms. The molecular formula is C24H30N4OS. The molecule has 158 valence electrons. The summed E-state index contributed by atoms with van der Waals surface area (Å²) in [5, 5.41) is 13.3. The summed E-state index contributed by atoms with van der Waals surface area (Å²) >= 11 is 1.55. The van der Waals surface area contributed by atoms with Crippen LogP contribution in [0.1, 0.15) is 68.7 Å². The molecule has 5 fully saturated rings. The second-order valence-electron chi connectivity index (χ2n) is 10.2. The molecule has 0 saturated heterocycles. The normalized spacial score (nSPS) is 31.8. The predicted molar refractivity (Wildman–Crippen MR) is 117 cm³/mol. The number of rotatable bonds is 7. The lowest BCUT2D eigenvalue weighted by Crippen LogP contribution is -2.60. The van der Waals surface area contributed by atoms with Gasteiger partial charge in [-0.2, -0.15) is 0 Å². The molecule has 5 nitrogen and oxygen atoms in total. The van der Waals surface area contributed by atoms with Gasteiger partial charge in [0, 0.05) is 11.5 Å². The van der Waals surface area contributed by atoms with Crippen molar-refractivity contribution in [3.8, 4) is 0 Å². The Hall–Kier alpha value is -1.82. The quantitative estimate of drug-likeness (QED) is 0.673. The molecule has 0 aliphatic heterocycles. The Morgan fingerprint density at radius 2 is 1.70 bits per heavy atom. The second-order valence-corrected chi connectivity index (χ2v) is 11.2. The predicted octanol–water partition coefficient (Wildman–Crippen LogP) is 4.38. The molecule has 5 saturated carbocycles. The highest BCUT2D eigenvalue weighted by Crippen LogP contribution is 2.55. The summed E-state index contributed by atoms with van der Waals surface area (Å²) in [5.41, 5.74) is 1.34. The molecular weight excluding hydrogens is 392 g/mol. The smallest absolute Gasteiger partial charge is 0.230 e.